The van der Waals surface area contributed by atoms with E-state index >= 15 is 0 Å². The molecule has 0 spiro atoms. The van der Waals surface area contributed by atoms with E-state index in [1.165, 1.54) is 51.5 Å². The number of hydrogen-bond donors (Lipinski definition) is 3. The summed E-state index contributed by atoms with van der Waals surface area (Å²) in [7, 11) is -3.36. The summed E-state index contributed by atoms with van der Waals surface area (Å²) in [5.41, 5.74) is 2.60. The lowest BCUT2D eigenvalue weighted by Gasteiger charge is -2.12. The predicted octanol–water partition coefficient (Wildman–Crippen LogP) is 2.20. The van der Waals surface area contributed by atoms with Crippen LogP contribution in [-0.4, -0.2) is 24.9 Å². The van der Waals surface area contributed by atoms with Gasteiger partial charge >= 0.3 is 8.80 Å². The lowest BCUT2D eigenvalue weighted by molar-refractivity contribution is 0.0842. The van der Waals surface area contributed by atoms with Crippen LogP contribution in [0, 0.1) is 0 Å². The van der Waals surface area contributed by atoms with E-state index in [-0.39, 0.29) is 0 Å². The molecular formula is C11H27NO3Si. The van der Waals surface area contributed by atoms with Crippen molar-refractivity contribution in [3.8, 4) is 0 Å². The molecule has 0 aliphatic carbocycles. The second kappa shape index (κ2) is 10.2. The second-order valence-corrected chi connectivity index (χ2v) is 6.48. The van der Waals surface area contributed by atoms with Gasteiger partial charge in [-0.25, -0.2) is 5.48 Å². The molecule has 4 nitrogen and oxygen atoms in total. The third-order valence-electron chi connectivity index (χ3n) is 2.40. The molecule has 0 aliphatic rings. The molecule has 0 fully saturated rings. The standard InChI is InChI=1S/C11H27NO3Si/c1-3-4-5-6-7-8-9-10-11-12-15-16(2,13)14/h12-14H,3-11H2,1-2H3. The van der Waals surface area contributed by atoms with Gasteiger partial charge in [0, 0.05) is 13.1 Å². The van der Waals surface area contributed by atoms with E-state index in [4.69, 9.17) is 9.59 Å². The lowest BCUT2D eigenvalue weighted by atomic mass is 10.1. The fraction of sp³-hybridized carbons (Fsp3) is 1.00. The van der Waals surface area contributed by atoms with Crippen molar-refractivity contribution in [3.05, 3.63) is 0 Å². The maximum atomic E-state index is 8.95. The largest absolute Gasteiger partial charge is 0.509 e. The zero-order valence-electron chi connectivity index (χ0n) is 10.7. The van der Waals surface area contributed by atoms with Gasteiger partial charge in [0.1, 0.15) is 0 Å². The van der Waals surface area contributed by atoms with E-state index in [1.54, 1.807) is 0 Å². The van der Waals surface area contributed by atoms with Crippen molar-refractivity contribution < 1.29 is 14.1 Å². The maximum Gasteiger partial charge on any atom is 0.509 e. The van der Waals surface area contributed by atoms with E-state index in [0.717, 1.165) is 6.42 Å². The van der Waals surface area contributed by atoms with Gasteiger partial charge in [0.15, 0.2) is 0 Å². The normalized spacial score (nSPS) is 12.0. The highest BCUT2D eigenvalue weighted by molar-refractivity contribution is 6.55. The summed E-state index contributed by atoms with van der Waals surface area (Å²) in [6, 6.07) is 0. The molecule has 0 saturated carbocycles. The molecule has 16 heavy (non-hydrogen) atoms. The molecule has 0 amide bonds. The van der Waals surface area contributed by atoms with Crippen LogP contribution in [0.5, 0.6) is 0 Å². The van der Waals surface area contributed by atoms with Gasteiger partial charge in [-0.15, -0.1) is 0 Å². The van der Waals surface area contributed by atoms with Crippen molar-refractivity contribution in [2.45, 2.75) is 64.8 Å². The summed E-state index contributed by atoms with van der Waals surface area (Å²) in [6.07, 6.45) is 10.1. The van der Waals surface area contributed by atoms with E-state index in [0.29, 0.717) is 6.54 Å². The first kappa shape index (κ1) is 16.1. The van der Waals surface area contributed by atoms with Crippen molar-refractivity contribution in [1.29, 1.82) is 0 Å². The van der Waals surface area contributed by atoms with E-state index in [1.807, 2.05) is 0 Å². The highest BCUT2D eigenvalue weighted by atomic mass is 28.4. The van der Waals surface area contributed by atoms with E-state index in [2.05, 4.69) is 16.9 Å². The third-order valence-corrected chi connectivity index (χ3v) is 2.93. The van der Waals surface area contributed by atoms with Crippen LogP contribution < -0.4 is 5.48 Å². The Hall–Kier alpha value is 0.0569. The van der Waals surface area contributed by atoms with Gasteiger partial charge in [-0.1, -0.05) is 51.9 Å². The Kier molecular flexibility index (Phi) is 10.3. The number of unbranched alkanes of at least 4 members (excludes halogenated alkanes) is 7. The summed E-state index contributed by atoms with van der Waals surface area (Å²) in [6.45, 7) is 4.23. The fourth-order valence-electron chi connectivity index (χ4n) is 1.52. The SMILES string of the molecule is CCCCCCCCCCNO[Si](C)(O)O. The molecule has 0 radical (unpaired) electrons. The van der Waals surface area contributed by atoms with Crippen LogP contribution in [0.2, 0.25) is 6.55 Å². The maximum absolute atomic E-state index is 8.95. The van der Waals surface area contributed by atoms with Gasteiger partial charge in [-0.3, -0.25) is 4.53 Å². The molecule has 5 heteroatoms. The highest BCUT2D eigenvalue weighted by Crippen LogP contribution is 2.07. The molecule has 0 aromatic heterocycles. The number of nitrogens with one attached hydrogen (secondary N) is 1. The Morgan fingerprint density at radius 2 is 1.44 bits per heavy atom. The van der Waals surface area contributed by atoms with Gasteiger partial charge in [0.2, 0.25) is 0 Å². The van der Waals surface area contributed by atoms with Gasteiger partial charge in [-0.2, -0.15) is 0 Å². The number of hydrogen-bond acceptors (Lipinski definition) is 4. The first-order valence-electron chi connectivity index (χ1n) is 6.42. The van der Waals surface area contributed by atoms with Crippen LogP contribution in [0.4, 0.5) is 0 Å². The molecule has 0 atom stereocenters. The van der Waals surface area contributed by atoms with Crippen LogP contribution in [0.3, 0.4) is 0 Å². The molecular weight excluding hydrogens is 222 g/mol. The Morgan fingerprint density at radius 3 is 1.94 bits per heavy atom. The Labute approximate surface area is 100 Å². The molecule has 0 saturated heterocycles. The Bertz CT molecular complexity index is 151. The summed E-state index contributed by atoms with van der Waals surface area (Å²) in [5.74, 6) is 0. The van der Waals surface area contributed by atoms with Crippen molar-refractivity contribution in [1.82, 2.24) is 5.48 Å². The molecule has 0 rings (SSSR count). The monoisotopic (exact) mass is 249 g/mol. The summed E-state index contributed by atoms with van der Waals surface area (Å²) >= 11 is 0. The predicted molar refractivity (Wildman–Crippen MR) is 67.8 cm³/mol. The number of rotatable bonds is 11. The molecule has 0 aromatic rings. The second-order valence-electron chi connectivity index (χ2n) is 4.41. The average Bonchev–Trinajstić information content (AvgIpc) is 2.19. The van der Waals surface area contributed by atoms with Gasteiger partial charge in [-0.05, 0) is 6.42 Å². The van der Waals surface area contributed by atoms with Gasteiger partial charge < -0.3 is 9.59 Å². The zero-order valence-corrected chi connectivity index (χ0v) is 11.7. The minimum atomic E-state index is -3.36. The molecule has 0 aliphatic heterocycles. The summed E-state index contributed by atoms with van der Waals surface area (Å²) < 4.78 is 4.69. The molecule has 0 aromatic carbocycles. The first-order valence-corrected chi connectivity index (χ1v) is 8.72. The van der Waals surface area contributed by atoms with E-state index < -0.39 is 8.80 Å². The van der Waals surface area contributed by atoms with Crippen LogP contribution in [0.15, 0.2) is 0 Å². The molecule has 0 unspecified atom stereocenters. The number of hydroxylamine groups is 1. The van der Waals surface area contributed by atoms with Crippen molar-refractivity contribution in [3.63, 3.8) is 0 Å². The Balaban J connectivity index is 2.99. The minimum absolute atomic E-state index is 0.693. The van der Waals surface area contributed by atoms with Crippen molar-refractivity contribution in [2.24, 2.45) is 0 Å². The van der Waals surface area contributed by atoms with Gasteiger partial charge in [0.25, 0.3) is 0 Å². The van der Waals surface area contributed by atoms with E-state index in [9.17, 15) is 0 Å². The van der Waals surface area contributed by atoms with Crippen molar-refractivity contribution >= 4 is 8.80 Å². The van der Waals surface area contributed by atoms with Crippen LogP contribution in [0.1, 0.15) is 58.3 Å². The summed E-state index contributed by atoms with van der Waals surface area (Å²) in [5, 5.41) is 0. The summed E-state index contributed by atoms with van der Waals surface area (Å²) in [4.78, 5) is 17.9. The molecule has 0 bridgehead atoms. The average molecular weight is 249 g/mol. The molecule has 98 valence electrons. The molecule has 0 heterocycles. The van der Waals surface area contributed by atoms with Crippen LogP contribution in [-0.2, 0) is 4.53 Å². The third kappa shape index (κ3) is 14.1. The Morgan fingerprint density at radius 1 is 0.938 bits per heavy atom. The molecule has 3 N–H and O–H groups in total. The first-order chi connectivity index (χ1) is 7.56. The fourth-order valence-corrected chi connectivity index (χ4v) is 1.89. The highest BCUT2D eigenvalue weighted by Gasteiger charge is 2.23. The quantitative estimate of drug-likeness (QED) is 0.298. The smallest absolute Gasteiger partial charge is 0.389 e. The topological polar surface area (TPSA) is 61.7 Å². The van der Waals surface area contributed by atoms with Crippen molar-refractivity contribution in [2.75, 3.05) is 6.54 Å². The van der Waals surface area contributed by atoms with Crippen LogP contribution >= 0.6 is 0 Å². The zero-order chi connectivity index (χ0) is 12.3. The lowest BCUT2D eigenvalue weighted by Crippen LogP contribution is -2.40. The van der Waals surface area contributed by atoms with Crippen LogP contribution in [0.25, 0.3) is 0 Å². The minimum Gasteiger partial charge on any atom is -0.389 e. The van der Waals surface area contributed by atoms with Gasteiger partial charge in [0.05, 0.1) is 0 Å².